The number of fused-ring (bicyclic) bond motifs is 3. The van der Waals surface area contributed by atoms with Crippen molar-refractivity contribution in [2.45, 2.75) is 44.9 Å². The molecule has 2 heterocycles. The second-order valence-corrected chi connectivity index (χ2v) is 6.16. The molecule has 2 unspecified atom stereocenters. The van der Waals surface area contributed by atoms with Crippen LogP contribution in [-0.2, 0) is 0 Å². The molecule has 2 atom stereocenters. The first-order chi connectivity index (χ1) is 11.7. The topological polar surface area (TPSA) is 87.1 Å². The van der Waals surface area contributed by atoms with Crippen LogP contribution in [0.4, 0.5) is 0 Å². The van der Waals surface area contributed by atoms with Crippen LogP contribution in [0.3, 0.4) is 0 Å². The number of nitrogens with zero attached hydrogens (tertiary/aromatic N) is 1. The Morgan fingerprint density at radius 2 is 2.04 bits per heavy atom. The van der Waals surface area contributed by atoms with Gasteiger partial charge in [-0.2, -0.15) is 5.26 Å². The van der Waals surface area contributed by atoms with Gasteiger partial charge < -0.3 is 9.15 Å². The maximum Gasteiger partial charge on any atom is 0.343 e. The average molecular weight is 324 g/mol. The van der Waals surface area contributed by atoms with E-state index in [1.807, 2.05) is 12.1 Å². The van der Waals surface area contributed by atoms with E-state index in [0.717, 1.165) is 25.7 Å². The molecule has 5 nitrogen and oxygen atoms in total. The van der Waals surface area contributed by atoms with Crippen molar-refractivity contribution < 1.29 is 9.15 Å². The number of unbranched alkanes of at least 4 members (excludes halogenated alkanes) is 3. The lowest BCUT2D eigenvalue weighted by Gasteiger charge is -2.29. The summed E-state index contributed by atoms with van der Waals surface area (Å²) in [6.45, 7) is 2.14. The smallest absolute Gasteiger partial charge is 0.343 e. The molecule has 0 bridgehead atoms. The Kier molecular flexibility index (Phi) is 4.66. The fraction of sp³-hybridized carbons (Fsp3) is 0.421. The third-order valence-electron chi connectivity index (χ3n) is 4.57. The lowest BCUT2D eigenvalue weighted by atomic mass is 9.81. The number of rotatable bonds is 5. The van der Waals surface area contributed by atoms with Gasteiger partial charge in [0, 0.05) is 5.92 Å². The fourth-order valence-electron chi connectivity index (χ4n) is 3.34. The van der Waals surface area contributed by atoms with E-state index in [2.05, 4.69) is 13.0 Å². The monoisotopic (exact) mass is 324 g/mol. The molecular weight excluding hydrogens is 304 g/mol. The molecule has 0 fully saturated rings. The number of hydrogen-bond acceptors (Lipinski definition) is 5. The Labute approximate surface area is 140 Å². The van der Waals surface area contributed by atoms with E-state index in [4.69, 9.17) is 14.6 Å². The van der Waals surface area contributed by atoms with Crippen molar-refractivity contribution in [2.75, 3.05) is 0 Å². The van der Waals surface area contributed by atoms with Gasteiger partial charge in [0.2, 0.25) is 5.90 Å². The van der Waals surface area contributed by atoms with Crippen LogP contribution < -0.4 is 10.4 Å². The maximum atomic E-state index is 12.5. The summed E-state index contributed by atoms with van der Waals surface area (Å²) in [5, 5.41) is 18.2. The second-order valence-electron chi connectivity index (χ2n) is 6.16. The Morgan fingerprint density at radius 3 is 2.79 bits per heavy atom. The first kappa shape index (κ1) is 16.3. The standard InChI is InChI=1S/C19H20N2O3/c1-2-3-4-5-8-12-14(11-20)18(21)24-17-13-9-6-7-10-15(13)23-19(22)16(12)17/h6-7,9-10,12,14,21H,2-5,8H2,1H3. The van der Waals surface area contributed by atoms with Gasteiger partial charge in [0.25, 0.3) is 0 Å². The molecule has 0 radical (unpaired) electrons. The first-order valence-electron chi connectivity index (χ1n) is 8.39. The second kappa shape index (κ2) is 6.88. The Bertz CT molecular complexity index is 863. The van der Waals surface area contributed by atoms with Crippen molar-refractivity contribution in [3.63, 3.8) is 0 Å². The zero-order valence-corrected chi connectivity index (χ0v) is 13.7. The molecule has 1 aliphatic rings. The van der Waals surface area contributed by atoms with Crippen LogP contribution in [0.1, 0.15) is 50.5 Å². The van der Waals surface area contributed by atoms with Gasteiger partial charge in [-0.25, -0.2) is 4.79 Å². The van der Waals surface area contributed by atoms with Gasteiger partial charge in [-0.15, -0.1) is 0 Å². The lowest BCUT2D eigenvalue weighted by molar-refractivity contribution is 0.391. The minimum absolute atomic E-state index is 0.0822. The lowest BCUT2D eigenvalue weighted by Crippen LogP contribution is -2.34. The summed E-state index contributed by atoms with van der Waals surface area (Å²) >= 11 is 0. The summed E-state index contributed by atoms with van der Waals surface area (Å²) in [7, 11) is 0. The van der Waals surface area contributed by atoms with E-state index in [1.165, 1.54) is 0 Å². The van der Waals surface area contributed by atoms with Crippen molar-refractivity contribution in [2.24, 2.45) is 5.92 Å². The molecule has 2 aromatic rings. The summed E-state index contributed by atoms with van der Waals surface area (Å²) in [5.74, 6) is -0.771. The van der Waals surface area contributed by atoms with Gasteiger partial charge in [-0.1, -0.05) is 44.7 Å². The summed E-state index contributed by atoms with van der Waals surface area (Å²) in [6, 6.07) is 9.27. The van der Waals surface area contributed by atoms with Crippen LogP contribution >= 0.6 is 0 Å². The first-order valence-corrected chi connectivity index (χ1v) is 8.39. The van der Waals surface area contributed by atoms with E-state index in [1.54, 1.807) is 12.1 Å². The molecule has 0 amide bonds. The number of nitrogens with one attached hydrogen (secondary N) is 1. The van der Waals surface area contributed by atoms with E-state index >= 15 is 0 Å². The molecule has 24 heavy (non-hydrogen) atoms. The van der Waals surface area contributed by atoms with Crippen molar-refractivity contribution in [3.8, 4) is 11.8 Å². The van der Waals surface area contributed by atoms with Crippen LogP contribution in [0.5, 0.6) is 5.75 Å². The van der Waals surface area contributed by atoms with Crippen molar-refractivity contribution in [3.05, 3.63) is 40.2 Å². The number of hydrogen-bond donors (Lipinski definition) is 1. The van der Waals surface area contributed by atoms with Gasteiger partial charge >= 0.3 is 5.63 Å². The highest BCUT2D eigenvalue weighted by Crippen LogP contribution is 2.42. The number of benzene rings is 1. The molecule has 1 aliphatic heterocycles. The predicted molar refractivity (Wildman–Crippen MR) is 91.4 cm³/mol. The summed E-state index contributed by atoms with van der Waals surface area (Å²) in [4.78, 5) is 12.5. The molecular formula is C19H20N2O3. The number of ether oxygens (including phenoxy) is 1. The summed E-state index contributed by atoms with van der Waals surface area (Å²) < 4.78 is 11.0. The molecule has 0 saturated heterocycles. The van der Waals surface area contributed by atoms with Crippen LogP contribution in [0.25, 0.3) is 11.0 Å². The van der Waals surface area contributed by atoms with Gasteiger partial charge in [-0.3, -0.25) is 5.41 Å². The van der Waals surface area contributed by atoms with Crippen molar-refractivity contribution >= 4 is 16.9 Å². The van der Waals surface area contributed by atoms with E-state index in [0.29, 0.717) is 28.7 Å². The highest BCUT2D eigenvalue weighted by atomic mass is 16.5. The maximum absolute atomic E-state index is 12.5. The van der Waals surface area contributed by atoms with Gasteiger partial charge in [-0.05, 0) is 18.6 Å². The van der Waals surface area contributed by atoms with E-state index in [9.17, 15) is 10.1 Å². The summed E-state index contributed by atoms with van der Waals surface area (Å²) in [6.07, 6.45) is 4.88. The van der Waals surface area contributed by atoms with E-state index < -0.39 is 11.5 Å². The Balaban J connectivity index is 2.08. The zero-order chi connectivity index (χ0) is 17.1. The molecule has 1 N–H and O–H groups in total. The SMILES string of the molecule is CCCCCCC1c2c(c3ccccc3oc2=O)OC(=N)C1C#N. The number of nitriles is 1. The normalized spacial score (nSPS) is 19.6. The quantitative estimate of drug-likeness (QED) is 0.654. The molecule has 0 aliphatic carbocycles. The predicted octanol–water partition coefficient (Wildman–Crippen LogP) is 4.36. The third-order valence-corrected chi connectivity index (χ3v) is 4.57. The van der Waals surface area contributed by atoms with Crippen molar-refractivity contribution in [1.29, 1.82) is 10.7 Å². The van der Waals surface area contributed by atoms with Crippen LogP contribution in [-0.4, -0.2) is 5.90 Å². The highest BCUT2D eigenvalue weighted by Gasteiger charge is 2.39. The largest absolute Gasteiger partial charge is 0.441 e. The molecule has 1 aromatic carbocycles. The van der Waals surface area contributed by atoms with Crippen LogP contribution in [0, 0.1) is 22.7 Å². The number of para-hydroxylation sites is 1. The molecule has 3 rings (SSSR count). The Morgan fingerprint density at radius 1 is 1.25 bits per heavy atom. The molecule has 0 spiro atoms. The van der Waals surface area contributed by atoms with Crippen LogP contribution in [0.15, 0.2) is 33.5 Å². The average Bonchev–Trinajstić information content (AvgIpc) is 2.58. The minimum Gasteiger partial charge on any atom is -0.441 e. The zero-order valence-electron chi connectivity index (χ0n) is 13.7. The van der Waals surface area contributed by atoms with Gasteiger partial charge in [0.1, 0.15) is 11.5 Å². The highest BCUT2D eigenvalue weighted by molar-refractivity contribution is 5.92. The minimum atomic E-state index is -0.733. The Hall–Kier alpha value is -2.61. The van der Waals surface area contributed by atoms with Gasteiger partial charge in [0.15, 0.2) is 5.75 Å². The molecule has 1 aromatic heterocycles. The molecule has 0 saturated carbocycles. The third kappa shape index (κ3) is 2.80. The van der Waals surface area contributed by atoms with Gasteiger partial charge in [0.05, 0.1) is 17.0 Å². The van der Waals surface area contributed by atoms with E-state index in [-0.39, 0.29) is 11.8 Å². The fourth-order valence-corrected chi connectivity index (χ4v) is 3.34. The molecule has 5 heteroatoms. The summed E-state index contributed by atoms with van der Waals surface area (Å²) in [5.41, 5.74) is 0.388. The van der Waals surface area contributed by atoms with Crippen LogP contribution in [0.2, 0.25) is 0 Å². The molecule has 124 valence electrons. The van der Waals surface area contributed by atoms with Crippen molar-refractivity contribution in [1.82, 2.24) is 0 Å².